The van der Waals surface area contributed by atoms with E-state index >= 15 is 0 Å². The molecule has 0 aliphatic heterocycles. The zero-order chi connectivity index (χ0) is 19.7. The summed E-state index contributed by atoms with van der Waals surface area (Å²) in [5.74, 6) is -1.60. The molecule has 144 valence electrons. The second kappa shape index (κ2) is 7.15. The van der Waals surface area contributed by atoms with Gasteiger partial charge in [0.25, 0.3) is 0 Å². The summed E-state index contributed by atoms with van der Waals surface area (Å²) in [7, 11) is 0. The normalized spacial score (nSPS) is 16.2. The lowest BCUT2D eigenvalue weighted by atomic mass is 9.98. The Morgan fingerprint density at radius 2 is 1.89 bits per heavy atom. The molecular formula is C18H17F4N3O2. The minimum atomic E-state index is -4.52. The zero-order valence-electron chi connectivity index (χ0n) is 14.1. The van der Waals surface area contributed by atoms with Crippen LogP contribution in [0.15, 0.2) is 36.5 Å². The maximum absolute atomic E-state index is 14.2. The summed E-state index contributed by atoms with van der Waals surface area (Å²) < 4.78 is 56.9. The van der Waals surface area contributed by atoms with Crippen LogP contribution in [0.25, 0.3) is 0 Å². The van der Waals surface area contributed by atoms with Gasteiger partial charge >= 0.3 is 6.18 Å². The van der Waals surface area contributed by atoms with Crippen molar-refractivity contribution < 1.29 is 27.1 Å². The number of halogens is 4. The lowest BCUT2D eigenvalue weighted by Gasteiger charge is -2.22. The maximum atomic E-state index is 14.2. The molecule has 0 atom stereocenters. The quantitative estimate of drug-likeness (QED) is 0.774. The minimum Gasteiger partial charge on any atom is -0.436 e. The first-order valence-corrected chi connectivity index (χ1v) is 8.28. The lowest BCUT2D eigenvalue weighted by Crippen LogP contribution is -2.48. The van der Waals surface area contributed by atoms with Crippen molar-refractivity contribution in [2.45, 2.75) is 37.4 Å². The fourth-order valence-corrected chi connectivity index (χ4v) is 2.87. The van der Waals surface area contributed by atoms with Crippen LogP contribution in [-0.4, -0.2) is 16.4 Å². The first-order chi connectivity index (χ1) is 12.7. The summed E-state index contributed by atoms with van der Waals surface area (Å²) >= 11 is 0. The number of aromatic nitrogens is 1. The number of hydrogen-bond donors (Lipinski definition) is 2. The molecule has 0 saturated heterocycles. The van der Waals surface area contributed by atoms with Crippen LogP contribution < -0.4 is 15.8 Å². The second-order valence-electron chi connectivity index (χ2n) is 6.45. The molecular weight excluding hydrogens is 366 g/mol. The molecule has 3 rings (SSSR count). The van der Waals surface area contributed by atoms with Crippen LogP contribution in [0.4, 0.5) is 23.2 Å². The highest BCUT2D eigenvalue weighted by molar-refractivity contribution is 5.98. The van der Waals surface area contributed by atoms with Crippen molar-refractivity contribution in [3.63, 3.8) is 0 Å². The van der Waals surface area contributed by atoms with Crippen molar-refractivity contribution in [2.24, 2.45) is 5.73 Å². The van der Waals surface area contributed by atoms with Gasteiger partial charge in [-0.15, -0.1) is 0 Å². The Bertz CT molecular complexity index is 831. The smallest absolute Gasteiger partial charge is 0.417 e. The summed E-state index contributed by atoms with van der Waals surface area (Å²) in [5, 5.41) is 2.58. The van der Waals surface area contributed by atoms with E-state index in [9.17, 15) is 22.4 Å². The van der Waals surface area contributed by atoms with Crippen LogP contribution in [0.1, 0.15) is 31.2 Å². The van der Waals surface area contributed by atoms with Crippen LogP contribution in [0, 0.1) is 5.82 Å². The highest BCUT2D eigenvalue weighted by atomic mass is 19.4. The molecule has 0 bridgehead atoms. The van der Waals surface area contributed by atoms with E-state index in [1.54, 1.807) is 0 Å². The Morgan fingerprint density at radius 3 is 2.44 bits per heavy atom. The molecule has 5 nitrogen and oxygen atoms in total. The molecule has 3 N–H and O–H groups in total. The van der Waals surface area contributed by atoms with Gasteiger partial charge in [-0.1, -0.05) is 12.8 Å². The van der Waals surface area contributed by atoms with Gasteiger partial charge in [0.1, 0.15) is 0 Å². The SMILES string of the molecule is NC1(C(=O)Nc2ccc(Oc3ccc(C(F)(F)F)cn3)c(F)c2)CCCC1. The summed E-state index contributed by atoms with van der Waals surface area (Å²) in [5.41, 5.74) is 4.37. The van der Waals surface area contributed by atoms with Gasteiger partial charge in [-0.3, -0.25) is 4.79 Å². The van der Waals surface area contributed by atoms with Crippen LogP contribution in [0.2, 0.25) is 0 Å². The number of carbonyl (C=O) groups is 1. The molecule has 1 saturated carbocycles. The van der Waals surface area contributed by atoms with Crippen molar-refractivity contribution >= 4 is 11.6 Å². The van der Waals surface area contributed by atoms with Crippen LogP contribution in [0.5, 0.6) is 11.6 Å². The fraction of sp³-hybridized carbons (Fsp3) is 0.333. The number of benzene rings is 1. The number of nitrogens with zero attached hydrogens (tertiary/aromatic N) is 1. The van der Waals surface area contributed by atoms with Crippen molar-refractivity contribution in [3.8, 4) is 11.6 Å². The van der Waals surface area contributed by atoms with E-state index in [0.717, 1.165) is 31.0 Å². The van der Waals surface area contributed by atoms with E-state index in [1.807, 2.05) is 0 Å². The molecule has 0 unspecified atom stereocenters. The van der Waals surface area contributed by atoms with Gasteiger partial charge < -0.3 is 15.8 Å². The molecule has 0 radical (unpaired) electrons. The molecule has 2 aromatic rings. The molecule has 27 heavy (non-hydrogen) atoms. The van der Waals surface area contributed by atoms with E-state index < -0.39 is 23.1 Å². The molecule has 1 heterocycles. The average molecular weight is 383 g/mol. The zero-order valence-corrected chi connectivity index (χ0v) is 14.1. The molecule has 1 aliphatic rings. The van der Waals surface area contributed by atoms with E-state index in [0.29, 0.717) is 19.0 Å². The highest BCUT2D eigenvalue weighted by Gasteiger charge is 2.37. The number of rotatable bonds is 4. The van der Waals surface area contributed by atoms with Crippen LogP contribution in [-0.2, 0) is 11.0 Å². The Labute approximate surface area is 152 Å². The largest absolute Gasteiger partial charge is 0.436 e. The Morgan fingerprint density at radius 1 is 1.19 bits per heavy atom. The molecule has 9 heteroatoms. The number of alkyl halides is 3. The summed E-state index contributed by atoms with van der Waals surface area (Å²) in [6, 6.07) is 5.50. The van der Waals surface area contributed by atoms with Crippen LogP contribution >= 0.6 is 0 Å². The predicted octanol–water partition coefficient (Wildman–Crippen LogP) is 4.24. The average Bonchev–Trinajstić information content (AvgIpc) is 3.05. The maximum Gasteiger partial charge on any atom is 0.417 e. The van der Waals surface area contributed by atoms with E-state index in [2.05, 4.69) is 10.3 Å². The Balaban J connectivity index is 1.69. The monoisotopic (exact) mass is 383 g/mol. The van der Waals surface area contributed by atoms with E-state index in [-0.39, 0.29) is 23.2 Å². The van der Waals surface area contributed by atoms with E-state index in [1.165, 1.54) is 12.1 Å². The van der Waals surface area contributed by atoms with Crippen molar-refractivity contribution in [1.29, 1.82) is 0 Å². The van der Waals surface area contributed by atoms with Gasteiger partial charge in [-0.2, -0.15) is 13.2 Å². The number of carbonyl (C=O) groups excluding carboxylic acids is 1. The third-order valence-electron chi connectivity index (χ3n) is 4.42. The number of pyridine rings is 1. The number of hydrogen-bond acceptors (Lipinski definition) is 4. The van der Waals surface area contributed by atoms with Gasteiger partial charge in [0.05, 0.1) is 11.1 Å². The van der Waals surface area contributed by atoms with Crippen molar-refractivity contribution in [2.75, 3.05) is 5.32 Å². The topological polar surface area (TPSA) is 77.2 Å². The first-order valence-electron chi connectivity index (χ1n) is 8.28. The van der Waals surface area contributed by atoms with Gasteiger partial charge in [0.2, 0.25) is 11.8 Å². The molecule has 1 fully saturated rings. The summed E-state index contributed by atoms with van der Waals surface area (Å²) in [4.78, 5) is 15.8. The van der Waals surface area contributed by atoms with Crippen molar-refractivity contribution in [1.82, 2.24) is 4.98 Å². The van der Waals surface area contributed by atoms with E-state index in [4.69, 9.17) is 10.5 Å². The molecule has 0 spiro atoms. The number of ether oxygens (including phenoxy) is 1. The van der Waals surface area contributed by atoms with Gasteiger partial charge in [0, 0.05) is 24.0 Å². The lowest BCUT2D eigenvalue weighted by molar-refractivity contribution is -0.137. The Kier molecular flexibility index (Phi) is 5.05. The first kappa shape index (κ1) is 19.1. The third-order valence-corrected chi connectivity index (χ3v) is 4.42. The minimum absolute atomic E-state index is 0.189. The van der Waals surface area contributed by atoms with Gasteiger partial charge in [-0.05, 0) is 31.0 Å². The number of nitrogens with one attached hydrogen (secondary N) is 1. The number of nitrogens with two attached hydrogens (primary N) is 1. The second-order valence-corrected chi connectivity index (χ2v) is 6.45. The molecule has 1 aromatic heterocycles. The standard InChI is InChI=1S/C18H17F4N3O2/c19-13-9-12(25-16(26)17(23)7-1-2-8-17)4-5-14(13)27-15-6-3-11(10-24-15)18(20,21)22/h3-6,9-10H,1-2,7-8,23H2,(H,25,26). The molecule has 1 aliphatic carbocycles. The number of amides is 1. The predicted molar refractivity (Wildman–Crippen MR) is 89.7 cm³/mol. The van der Waals surface area contributed by atoms with Crippen LogP contribution in [0.3, 0.4) is 0 Å². The molecule has 1 amide bonds. The van der Waals surface area contributed by atoms with Crippen molar-refractivity contribution in [3.05, 3.63) is 47.9 Å². The number of anilines is 1. The fourth-order valence-electron chi connectivity index (χ4n) is 2.87. The third kappa shape index (κ3) is 4.36. The summed E-state index contributed by atoms with van der Waals surface area (Å²) in [6.45, 7) is 0. The van der Waals surface area contributed by atoms with Gasteiger partial charge in [-0.25, -0.2) is 9.37 Å². The Hall–Kier alpha value is -2.68. The molecule has 1 aromatic carbocycles. The highest BCUT2D eigenvalue weighted by Crippen LogP contribution is 2.32. The summed E-state index contributed by atoms with van der Waals surface area (Å²) in [6.07, 6.45) is -1.04. The van der Waals surface area contributed by atoms with Gasteiger partial charge in [0.15, 0.2) is 11.6 Å².